The Morgan fingerprint density at radius 3 is 2.48 bits per heavy atom. The Kier molecular flexibility index (Phi) is 6.33. The first-order valence-electron chi connectivity index (χ1n) is 8.79. The van der Waals surface area contributed by atoms with Gasteiger partial charge in [0, 0.05) is 10.4 Å². The second kappa shape index (κ2) is 8.89. The van der Waals surface area contributed by atoms with E-state index >= 15 is 0 Å². The van der Waals surface area contributed by atoms with Gasteiger partial charge in [-0.05, 0) is 18.4 Å². The van der Waals surface area contributed by atoms with Gasteiger partial charge in [-0.15, -0.1) is 11.3 Å². The van der Waals surface area contributed by atoms with Crippen LogP contribution in [0.2, 0.25) is 0 Å². The van der Waals surface area contributed by atoms with Crippen molar-refractivity contribution in [2.75, 3.05) is 32.7 Å². The molecule has 1 aliphatic rings. The normalized spacial score (nSPS) is 21.1. The zero-order valence-electron chi connectivity index (χ0n) is 14.6. The molecule has 1 saturated heterocycles. The first kappa shape index (κ1) is 17.8. The van der Waals surface area contributed by atoms with Gasteiger partial charge in [0.05, 0.1) is 5.71 Å². The fraction of sp³-hybridized carbons (Fsp3) is 0.368. The molecule has 0 unspecified atom stereocenters. The smallest absolute Gasteiger partial charge is 0.295 e. The minimum absolute atomic E-state index is 0.00239. The molecule has 1 aromatic carbocycles. The molecule has 1 amide bonds. The minimum Gasteiger partial charge on any atom is -0.322 e. The van der Waals surface area contributed by atoms with Crippen LogP contribution in [0.25, 0.3) is 0 Å². The van der Waals surface area contributed by atoms with Gasteiger partial charge < -0.3 is 9.80 Å². The molecule has 0 radical (unpaired) electrons. The molecule has 2 heterocycles. The number of hydrazone groups is 1. The molecule has 2 aromatic rings. The number of piperazine rings is 1. The fourth-order valence-corrected chi connectivity index (χ4v) is 3.82. The minimum atomic E-state index is -0.00239. The Morgan fingerprint density at radius 1 is 1.08 bits per heavy atom. The van der Waals surface area contributed by atoms with Gasteiger partial charge >= 0.3 is 0 Å². The zero-order chi connectivity index (χ0) is 17.5. The van der Waals surface area contributed by atoms with E-state index in [9.17, 15) is 4.79 Å². The van der Waals surface area contributed by atoms with Gasteiger partial charge in [-0.2, -0.15) is 5.10 Å². The Morgan fingerprint density at radius 2 is 1.80 bits per heavy atom. The van der Waals surface area contributed by atoms with Crippen LogP contribution in [0.3, 0.4) is 0 Å². The number of nitrogens with zero attached hydrogens (tertiary/aromatic N) is 1. The first-order chi connectivity index (χ1) is 12.2. The number of benzene rings is 1. The van der Waals surface area contributed by atoms with E-state index in [1.807, 2.05) is 24.4 Å². The highest BCUT2D eigenvalue weighted by Crippen LogP contribution is 2.08. The molecule has 0 spiro atoms. The number of hydrogen-bond donors (Lipinski definition) is 3. The van der Waals surface area contributed by atoms with Crippen molar-refractivity contribution in [3.8, 4) is 0 Å². The quantitative estimate of drug-likeness (QED) is 0.476. The molecule has 5 nitrogen and oxygen atoms in total. The van der Waals surface area contributed by atoms with Gasteiger partial charge in [0.1, 0.15) is 32.7 Å². The van der Waals surface area contributed by atoms with Crippen LogP contribution < -0.4 is 15.2 Å². The van der Waals surface area contributed by atoms with Crippen LogP contribution in [0, 0.1) is 0 Å². The monoisotopic (exact) mass is 358 g/mol. The van der Waals surface area contributed by atoms with Crippen LogP contribution in [0.1, 0.15) is 17.4 Å². The lowest BCUT2D eigenvalue weighted by atomic mass is 10.2. The largest absolute Gasteiger partial charge is 0.322 e. The summed E-state index contributed by atoms with van der Waals surface area (Å²) in [4.78, 5) is 16.1. The summed E-state index contributed by atoms with van der Waals surface area (Å²) >= 11 is 1.63. The van der Waals surface area contributed by atoms with E-state index in [-0.39, 0.29) is 5.91 Å². The standard InChI is InChI=1S/C19H24N4OS/c1-16(18-8-5-13-25-18)20-21-19(24)15-23-11-9-22(10-12-23)14-17-6-3-2-4-7-17/h2-8,13H,9-12,14-15H2,1H3,(H,21,24)/p+2/b20-16-. The maximum Gasteiger partial charge on any atom is 0.295 e. The van der Waals surface area contributed by atoms with Crippen LogP contribution in [0.5, 0.6) is 0 Å². The third-order valence-corrected chi connectivity index (χ3v) is 5.58. The van der Waals surface area contributed by atoms with E-state index in [0.717, 1.165) is 43.3 Å². The van der Waals surface area contributed by atoms with E-state index in [4.69, 9.17) is 0 Å². The van der Waals surface area contributed by atoms with Crippen LogP contribution in [-0.4, -0.2) is 44.3 Å². The van der Waals surface area contributed by atoms with Crippen molar-refractivity contribution in [3.05, 3.63) is 58.3 Å². The number of rotatable bonds is 6. The van der Waals surface area contributed by atoms with Crippen molar-refractivity contribution in [1.82, 2.24) is 5.43 Å². The van der Waals surface area contributed by atoms with Gasteiger partial charge in [-0.25, -0.2) is 5.43 Å². The second-order valence-corrected chi connectivity index (χ2v) is 7.50. The average molecular weight is 359 g/mol. The van der Waals surface area contributed by atoms with Gasteiger partial charge in [0.15, 0.2) is 6.54 Å². The molecule has 3 rings (SSSR count). The van der Waals surface area contributed by atoms with Crippen molar-refractivity contribution < 1.29 is 14.6 Å². The summed E-state index contributed by atoms with van der Waals surface area (Å²) in [5.41, 5.74) is 4.94. The molecule has 1 fully saturated rings. The lowest BCUT2D eigenvalue weighted by Crippen LogP contribution is -3.28. The number of amides is 1. The number of carbonyl (C=O) groups is 1. The van der Waals surface area contributed by atoms with Gasteiger partial charge in [0.2, 0.25) is 0 Å². The van der Waals surface area contributed by atoms with Gasteiger partial charge in [-0.1, -0.05) is 36.4 Å². The number of quaternary nitrogens is 2. The van der Waals surface area contributed by atoms with E-state index in [1.165, 1.54) is 10.5 Å². The highest BCUT2D eigenvalue weighted by molar-refractivity contribution is 7.12. The fourth-order valence-electron chi connectivity index (χ4n) is 3.15. The summed E-state index contributed by atoms with van der Waals surface area (Å²) in [6.07, 6.45) is 0. The van der Waals surface area contributed by atoms with Crippen molar-refractivity contribution >= 4 is 23.0 Å². The summed E-state index contributed by atoms with van der Waals surface area (Å²) < 4.78 is 0. The summed E-state index contributed by atoms with van der Waals surface area (Å²) in [5, 5.41) is 6.22. The molecule has 0 atom stereocenters. The van der Waals surface area contributed by atoms with Crippen LogP contribution in [0.15, 0.2) is 52.9 Å². The molecule has 132 valence electrons. The molecule has 1 aromatic heterocycles. The molecule has 0 aliphatic carbocycles. The van der Waals surface area contributed by atoms with Crippen LogP contribution >= 0.6 is 11.3 Å². The lowest BCUT2D eigenvalue weighted by molar-refractivity contribution is -1.02. The third-order valence-electron chi connectivity index (χ3n) is 4.60. The predicted octanol–water partition coefficient (Wildman–Crippen LogP) is -0.428. The Bertz CT molecular complexity index is 691. The highest BCUT2D eigenvalue weighted by Gasteiger charge is 2.24. The molecule has 0 bridgehead atoms. The molecular weight excluding hydrogens is 332 g/mol. The molecular formula is C19H26N4OS+2. The van der Waals surface area contributed by atoms with Crippen LogP contribution in [0.4, 0.5) is 0 Å². The van der Waals surface area contributed by atoms with E-state index in [1.54, 1.807) is 16.2 Å². The average Bonchev–Trinajstić information content (AvgIpc) is 3.17. The maximum atomic E-state index is 12.1. The van der Waals surface area contributed by atoms with Crippen molar-refractivity contribution in [2.45, 2.75) is 13.5 Å². The van der Waals surface area contributed by atoms with Crippen LogP contribution in [-0.2, 0) is 11.3 Å². The molecule has 1 aliphatic heterocycles. The third kappa shape index (κ3) is 5.49. The van der Waals surface area contributed by atoms with E-state index in [0.29, 0.717) is 6.54 Å². The first-order valence-corrected chi connectivity index (χ1v) is 9.67. The van der Waals surface area contributed by atoms with Crippen molar-refractivity contribution in [2.24, 2.45) is 5.10 Å². The van der Waals surface area contributed by atoms with Gasteiger partial charge in [-0.3, -0.25) is 4.79 Å². The molecule has 6 heteroatoms. The summed E-state index contributed by atoms with van der Waals surface area (Å²) in [6.45, 7) is 7.77. The molecule has 25 heavy (non-hydrogen) atoms. The number of thiophene rings is 1. The second-order valence-electron chi connectivity index (χ2n) is 6.55. The van der Waals surface area contributed by atoms with E-state index in [2.05, 4.69) is 40.9 Å². The summed E-state index contributed by atoms with van der Waals surface area (Å²) in [6, 6.07) is 14.6. The number of carbonyl (C=O) groups excluding carboxylic acids is 1. The molecule has 0 saturated carbocycles. The summed E-state index contributed by atoms with van der Waals surface area (Å²) in [7, 11) is 0. The topological polar surface area (TPSA) is 50.3 Å². The van der Waals surface area contributed by atoms with Crippen molar-refractivity contribution in [1.29, 1.82) is 0 Å². The Labute approximate surface area is 153 Å². The maximum absolute atomic E-state index is 12.1. The van der Waals surface area contributed by atoms with Crippen molar-refractivity contribution in [3.63, 3.8) is 0 Å². The predicted molar refractivity (Wildman–Crippen MR) is 101 cm³/mol. The molecule has 3 N–H and O–H groups in total. The Hall–Kier alpha value is -2.02. The highest BCUT2D eigenvalue weighted by atomic mass is 32.1. The summed E-state index contributed by atoms with van der Waals surface area (Å²) in [5.74, 6) is -0.00239. The van der Waals surface area contributed by atoms with E-state index < -0.39 is 0 Å². The zero-order valence-corrected chi connectivity index (χ0v) is 15.4. The lowest BCUT2D eigenvalue weighted by Gasteiger charge is -2.29. The van der Waals surface area contributed by atoms with Gasteiger partial charge in [0.25, 0.3) is 5.91 Å². The number of hydrogen-bond acceptors (Lipinski definition) is 3. The SMILES string of the molecule is C/C(=N/NC(=O)C[NH+]1CC[NH+](Cc2ccccc2)CC1)c1cccs1. The Balaban J connectivity index is 1.40. The number of nitrogens with one attached hydrogen (secondary N) is 3.